The van der Waals surface area contributed by atoms with Crippen molar-refractivity contribution in [2.24, 2.45) is 0 Å². The molecule has 0 aliphatic heterocycles. The van der Waals surface area contributed by atoms with Crippen LogP contribution in [0.1, 0.15) is 5.69 Å². The Morgan fingerprint density at radius 3 is 2.52 bits per heavy atom. The van der Waals surface area contributed by atoms with Gasteiger partial charge in [0.15, 0.2) is 5.13 Å². The number of ether oxygens (including phenoxy) is 1. The second-order valence-electron chi connectivity index (χ2n) is 5.14. The van der Waals surface area contributed by atoms with Crippen molar-refractivity contribution in [1.82, 2.24) is 15.0 Å². The van der Waals surface area contributed by atoms with E-state index in [1.807, 2.05) is 0 Å². The monoisotopic (exact) mass is 395 g/mol. The second-order valence-corrected chi connectivity index (χ2v) is 6.00. The lowest BCUT2D eigenvalue weighted by Gasteiger charge is -2.09. The molecule has 2 aromatic heterocycles. The molecule has 27 heavy (non-hydrogen) atoms. The molecule has 2 heterocycles. The Hall–Kier alpha value is -3.21. The Bertz CT molecular complexity index is 900. The third kappa shape index (κ3) is 5.92. The van der Waals surface area contributed by atoms with E-state index >= 15 is 0 Å². The summed E-state index contributed by atoms with van der Waals surface area (Å²) in [5.74, 6) is -0.324. The number of nitrogens with one attached hydrogen (secondary N) is 2. The molecule has 0 spiro atoms. The highest BCUT2D eigenvalue weighted by Crippen LogP contribution is 2.24. The summed E-state index contributed by atoms with van der Waals surface area (Å²) in [5.41, 5.74) is 0.883. The lowest BCUT2D eigenvalue weighted by Crippen LogP contribution is -2.17. The standard InChI is InChI=1S/C16H12F3N5O2S/c17-16(18,19)26-12-4-2-10(3-5-12)22-13(25)8-11-9-27-15(23-11)24-14-20-6-1-7-21-14/h1-7,9H,8H2,(H,22,25)(H,20,21,23,24). The molecule has 1 amide bonds. The van der Waals surface area contributed by atoms with Crippen molar-refractivity contribution in [3.63, 3.8) is 0 Å². The number of anilines is 3. The van der Waals surface area contributed by atoms with Crippen LogP contribution in [0.25, 0.3) is 0 Å². The van der Waals surface area contributed by atoms with Gasteiger partial charge in [-0.3, -0.25) is 4.79 Å². The summed E-state index contributed by atoms with van der Waals surface area (Å²) in [6.45, 7) is 0. The first-order chi connectivity index (χ1) is 12.9. The fourth-order valence-electron chi connectivity index (χ4n) is 2.01. The van der Waals surface area contributed by atoms with Crippen LogP contribution < -0.4 is 15.4 Å². The summed E-state index contributed by atoms with van der Waals surface area (Å²) in [4.78, 5) is 24.4. The smallest absolute Gasteiger partial charge is 0.406 e. The molecule has 0 saturated heterocycles. The first-order valence-electron chi connectivity index (χ1n) is 7.51. The molecule has 0 radical (unpaired) electrons. The molecular weight excluding hydrogens is 383 g/mol. The van der Waals surface area contributed by atoms with Crippen molar-refractivity contribution in [3.05, 3.63) is 53.8 Å². The molecule has 11 heteroatoms. The minimum atomic E-state index is -4.76. The van der Waals surface area contributed by atoms with Crippen LogP contribution in [0, 0.1) is 0 Å². The topological polar surface area (TPSA) is 89.0 Å². The lowest BCUT2D eigenvalue weighted by atomic mass is 10.2. The van der Waals surface area contributed by atoms with Gasteiger partial charge in [0.2, 0.25) is 11.9 Å². The zero-order chi connectivity index (χ0) is 19.3. The summed E-state index contributed by atoms with van der Waals surface area (Å²) in [6, 6.07) is 6.56. The molecule has 0 aliphatic rings. The summed E-state index contributed by atoms with van der Waals surface area (Å²) >= 11 is 1.29. The lowest BCUT2D eigenvalue weighted by molar-refractivity contribution is -0.274. The third-order valence-corrected chi connectivity index (χ3v) is 3.86. The normalized spacial score (nSPS) is 11.1. The highest BCUT2D eigenvalue weighted by molar-refractivity contribution is 7.13. The van der Waals surface area contributed by atoms with E-state index in [2.05, 4.69) is 30.3 Å². The molecule has 140 valence electrons. The van der Waals surface area contributed by atoms with E-state index < -0.39 is 6.36 Å². The number of benzene rings is 1. The number of alkyl halides is 3. The molecule has 2 N–H and O–H groups in total. The van der Waals surface area contributed by atoms with E-state index in [9.17, 15) is 18.0 Å². The van der Waals surface area contributed by atoms with Gasteiger partial charge in [-0.05, 0) is 30.3 Å². The van der Waals surface area contributed by atoms with Crippen molar-refractivity contribution in [3.8, 4) is 5.75 Å². The van der Waals surface area contributed by atoms with E-state index in [1.165, 1.54) is 23.5 Å². The molecule has 0 unspecified atom stereocenters. The number of carbonyl (C=O) groups excluding carboxylic acids is 1. The highest BCUT2D eigenvalue weighted by Gasteiger charge is 2.30. The van der Waals surface area contributed by atoms with Gasteiger partial charge in [0.25, 0.3) is 0 Å². The van der Waals surface area contributed by atoms with E-state index in [-0.39, 0.29) is 18.1 Å². The van der Waals surface area contributed by atoms with E-state index in [1.54, 1.807) is 23.8 Å². The molecule has 0 fully saturated rings. The van der Waals surface area contributed by atoms with E-state index in [0.717, 1.165) is 12.1 Å². The number of amides is 1. The van der Waals surface area contributed by atoms with Crippen LogP contribution in [0.5, 0.6) is 5.75 Å². The molecule has 3 aromatic rings. The molecule has 1 aromatic carbocycles. The number of rotatable bonds is 6. The predicted molar refractivity (Wildman–Crippen MR) is 92.9 cm³/mol. The maximum Gasteiger partial charge on any atom is 0.573 e. The van der Waals surface area contributed by atoms with Crippen molar-refractivity contribution < 1.29 is 22.7 Å². The zero-order valence-corrected chi connectivity index (χ0v) is 14.3. The van der Waals surface area contributed by atoms with Crippen LogP contribution in [-0.2, 0) is 11.2 Å². The Morgan fingerprint density at radius 2 is 1.85 bits per heavy atom. The Balaban J connectivity index is 1.53. The predicted octanol–water partition coefficient (Wildman–Crippen LogP) is 3.76. The third-order valence-electron chi connectivity index (χ3n) is 3.05. The van der Waals surface area contributed by atoms with Crippen LogP contribution in [0.4, 0.5) is 29.9 Å². The first kappa shape index (κ1) is 18.6. The van der Waals surface area contributed by atoms with Gasteiger partial charge in [-0.1, -0.05) is 0 Å². The van der Waals surface area contributed by atoms with Crippen LogP contribution in [0.3, 0.4) is 0 Å². The largest absolute Gasteiger partial charge is 0.573 e. The van der Waals surface area contributed by atoms with Crippen LogP contribution in [-0.4, -0.2) is 27.2 Å². The second kappa shape index (κ2) is 7.99. The summed E-state index contributed by atoms with van der Waals surface area (Å²) in [6.07, 6.45) is -1.58. The fourth-order valence-corrected chi connectivity index (χ4v) is 2.72. The highest BCUT2D eigenvalue weighted by atomic mass is 32.1. The summed E-state index contributed by atoms with van der Waals surface area (Å²) in [5, 5.41) is 7.76. The minimum absolute atomic E-state index is 0.00856. The van der Waals surface area contributed by atoms with E-state index in [4.69, 9.17) is 0 Å². The number of nitrogens with zero attached hydrogens (tertiary/aromatic N) is 3. The van der Waals surface area contributed by atoms with Gasteiger partial charge in [-0.15, -0.1) is 24.5 Å². The Labute approximate surface area is 155 Å². The van der Waals surface area contributed by atoms with Gasteiger partial charge in [0.1, 0.15) is 5.75 Å². The minimum Gasteiger partial charge on any atom is -0.406 e. The molecule has 7 nitrogen and oxygen atoms in total. The molecular formula is C16H12F3N5O2S. The first-order valence-corrected chi connectivity index (χ1v) is 8.39. The quantitative estimate of drug-likeness (QED) is 0.661. The zero-order valence-electron chi connectivity index (χ0n) is 13.5. The number of halogens is 3. The van der Waals surface area contributed by atoms with E-state index in [0.29, 0.717) is 22.5 Å². The van der Waals surface area contributed by atoms with Crippen LogP contribution in [0.15, 0.2) is 48.1 Å². The van der Waals surface area contributed by atoms with Gasteiger partial charge in [-0.25, -0.2) is 15.0 Å². The van der Waals surface area contributed by atoms with Crippen molar-refractivity contribution in [2.45, 2.75) is 12.8 Å². The molecule has 0 atom stereocenters. The number of hydrogen-bond acceptors (Lipinski definition) is 7. The molecule has 0 aliphatic carbocycles. The van der Waals surface area contributed by atoms with Crippen molar-refractivity contribution in [1.29, 1.82) is 0 Å². The average Bonchev–Trinajstić information content (AvgIpc) is 3.03. The van der Waals surface area contributed by atoms with Gasteiger partial charge in [0, 0.05) is 23.5 Å². The van der Waals surface area contributed by atoms with Crippen molar-refractivity contribution in [2.75, 3.05) is 10.6 Å². The number of thiazole rings is 1. The Kier molecular flexibility index (Phi) is 5.50. The molecule has 3 rings (SSSR count). The average molecular weight is 395 g/mol. The van der Waals surface area contributed by atoms with Crippen molar-refractivity contribution >= 4 is 34.0 Å². The number of carbonyl (C=O) groups is 1. The maximum atomic E-state index is 12.1. The molecule has 0 bridgehead atoms. The van der Waals surface area contributed by atoms with Gasteiger partial charge in [0.05, 0.1) is 12.1 Å². The summed E-state index contributed by atoms with van der Waals surface area (Å²) in [7, 11) is 0. The van der Waals surface area contributed by atoms with Crippen LogP contribution in [0.2, 0.25) is 0 Å². The fraction of sp³-hybridized carbons (Fsp3) is 0.125. The van der Waals surface area contributed by atoms with Gasteiger partial charge in [-0.2, -0.15) is 0 Å². The summed E-state index contributed by atoms with van der Waals surface area (Å²) < 4.78 is 40.1. The van der Waals surface area contributed by atoms with Gasteiger partial charge >= 0.3 is 6.36 Å². The number of hydrogen-bond donors (Lipinski definition) is 2. The molecule has 0 saturated carbocycles. The number of aromatic nitrogens is 3. The SMILES string of the molecule is O=C(Cc1csc(Nc2ncccn2)n1)Nc1ccc(OC(F)(F)F)cc1. The maximum absolute atomic E-state index is 12.1. The van der Waals surface area contributed by atoms with Gasteiger partial charge < -0.3 is 15.4 Å². The van der Waals surface area contributed by atoms with Crippen LogP contribution >= 0.6 is 11.3 Å². The Morgan fingerprint density at radius 1 is 1.15 bits per heavy atom.